The van der Waals surface area contributed by atoms with E-state index in [1.807, 2.05) is 36.4 Å². The standard InChI is InChI=1S/C31H36N2O4/c1-21(22-9-4-3-5-10-22)37-27-15-7-12-24(18-27)23-11-6-14-26(17-23)33-30(29(20-32)31(35)36-2)28-19-25(28)13-8-16-34/h6-7,11-12,14-15,17-18,20-22,25,28,34H,3-5,9-10,16,19,32H2,1-2H3/t21?,25?,28-/m1/s1. The lowest BCUT2D eigenvalue weighted by molar-refractivity contribution is -0.135. The van der Waals surface area contributed by atoms with E-state index in [9.17, 15) is 4.79 Å². The average Bonchev–Trinajstić information content (AvgIpc) is 3.71. The number of carbonyl (C=O) groups is 1. The molecule has 194 valence electrons. The molecule has 2 aromatic rings. The normalized spacial score (nSPS) is 20.9. The van der Waals surface area contributed by atoms with Crippen LogP contribution in [0.3, 0.4) is 0 Å². The van der Waals surface area contributed by atoms with Crippen molar-refractivity contribution in [1.29, 1.82) is 0 Å². The summed E-state index contributed by atoms with van der Waals surface area (Å²) in [5, 5.41) is 9.04. The molecule has 0 amide bonds. The number of rotatable bonds is 8. The van der Waals surface area contributed by atoms with Crippen molar-refractivity contribution in [3.63, 3.8) is 0 Å². The molecule has 6 nitrogen and oxygen atoms in total. The van der Waals surface area contributed by atoms with E-state index in [0.29, 0.717) is 17.3 Å². The molecule has 2 fully saturated rings. The molecule has 0 spiro atoms. The van der Waals surface area contributed by atoms with Gasteiger partial charge >= 0.3 is 5.97 Å². The zero-order chi connectivity index (χ0) is 26.2. The van der Waals surface area contributed by atoms with Crippen LogP contribution in [0.15, 0.2) is 65.3 Å². The summed E-state index contributed by atoms with van der Waals surface area (Å²) in [6.07, 6.45) is 8.58. The van der Waals surface area contributed by atoms with Crippen LogP contribution in [0.4, 0.5) is 5.69 Å². The number of esters is 1. The first kappa shape index (κ1) is 26.5. The molecule has 2 aliphatic carbocycles. The quantitative estimate of drug-likeness (QED) is 0.218. The van der Waals surface area contributed by atoms with E-state index < -0.39 is 5.97 Å². The fourth-order valence-electron chi connectivity index (χ4n) is 5.10. The SMILES string of the molecule is COC(=O)C(=CN)C(=Nc1cccc(-c2cccc(OC(C)C3CCCCC3)c2)c1)[C@@H]1CC1C#CCO. The molecule has 0 radical (unpaired) electrons. The van der Waals surface area contributed by atoms with E-state index in [2.05, 4.69) is 30.9 Å². The fourth-order valence-corrected chi connectivity index (χ4v) is 5.10. The minimum atomic E-state index is -0.532. The summed E-state index contributed by atoms with van der Waals surface area (Å²) < 4.78 is 11.3. The van der Waals surface area contributed by atoms with Crippen LogP contribution in [0, 0.1) is 29.6 Å². The van der Waals surface area contributed by atoms with Gasteiger partial charge in [-0.2, -0.15) is 0 Å². The number of benzene rings is 2. The number of methoxy groups -OCH3 is 1. The van der Waals surface area contributed by atoms with Crippen molar-refractivity contribution in [1.82, 2.24) is 0 Å². The second kappa shape index (κ2) is 12.6. The van der Waals surface area contributed by atoms with E-state index in [-0.39, 0.29) is 30.1 Å². The van der Waals surface area contributed by atoms with Gasteiger partial charge in [0.2, 0.25) is 0 Å². The Hall–Kier alpha value is -3.56. The van der Waals surface area contributed by atoms with Gasteiger partial charge in [-0.25, -0.2) is 4.79 Å². The number of hydrogen-bond acceptors (Lipinski definition) is 6. The Morgan fingerprint density at radius 1 is 1.16 bits per heavy atom. The van der Waals surface area contributed by atoms with Crippen LogP contribution < -0.4 is 10.5 Å². The van der Waals surface area contributed by atoms with Crippen molar-refractivity contribution in [2.24, 2.45) is 28.5 Å². The highest BCUT2D eigenvalue weighted by Gasteiger charge is 2.42. The molecule has 3 atom stereocenters. The Labute approximate surface area is 219 Å². The molecule has 0 bridgehead atoms. The highest BCUT2D eigenvalue weighted by Crippen LogP contribution is 2.42. The van der Waals surface area contributed by atoms with Gasteiger partial charge in [-0.15, -0.1) is 0 Å². The van der Waals surface area contributed by atoms with E-state index in [1.54, 1.807) is 0 Å². The predicted octanol–water partition coefficient (Wildman–Crippen LogP) is 5.42. The molecule has 0 heterocycles. The third kappa shape index (κ3) is 6.81. The number of hydrogen-bond donors (Lipinski definition) is 2. The van der Waals surface area contributed by atoms with Crippen molar-refractivity contribution in [2.45, 2.75) is 51.6 Å². The summed E-state index contributed by atoms with van der Waals surface area (Å²) in [6.45, 7) is 1.98. The van der Waals surface area contributed by atoms with Gasteiger partial charge in [-0.3, -0.25) is 4.99 Å². The Kier molecular flexibility index (Phi) is 9.03. The lowest BCUT2D eigenvalue weighted by atomic mass is 9.86. The highest BCUT2D eigenvalue weighted by molar-refractivity contribution is 6.22. The smallest absolute Gasteiger partial charge is 0.341 e. The molecule has 0 aromatic heterocycles. The monoisotopic (exact) mass is 500 g/mol. The minimum Gasteiger partial charge on any atom is -0.490 e. The minimum absolute atomic E-state index is 0.0219. The molecular formula is C31H36N2O4. The van der Waals surface area contributed by atoms with Gasteiger partial charge in [-0.05, 0) is 67.5 Å². The second-order valence-electron chi connectivity index (χ2n) is 9.80. The van der Waals surface area contributed by atoms with Crippen molar-refractivity contribution in [3.05, 3.63) is 60.3 Å². The zero-order valence-corrected chi connectivity index (χ0v) is 21.7. The van der Waals surface area contributed by atoms with Gasteiger partial charge in [0, 0.05) is 18.0 Å². The van der Waals surface area contributed by atoms with E-state index >= 15 is 0 Å². The number of aliphatic hydroxyl groups excluding tert-OH is 1. The molecule has 2 aliphatic rings. The summed E-state index contributed by atoms with van der Waals surface area (Å²) >= 11 is 0. The number of nitrogens with zero attached hydrogens (tertiary/aromatic N) is 1. The van der Waals surface area contributed by atoms with Gasteiger partial charge in [0.05, 0.1) is 30.2 Å². The lowest BCUT2D eigenvalue weighted by Gasteiger charge is -2.28. The first-order chi connectivity index (χ1) is 18.0. The van der Waals surface area contributed by atoms with Crippen molar-refractivity contribution in [3.8, 4) is 28.7 Å². The third-order valence-corrected chi connectivity index (χ3v) is 7.25. The molecule has 0 saturated heterocycles. The molecule has 4 rings (SSSR count). The Morgan fingerprint density at radius 3 is 2.59 bits per heavy atom. The van der Waals surface area contributed by atoms with Crippen LogP contribution >= 0.6 is 0 Å². The summed E-state index contributed by atoms with van der Waals surface area (Å²) in [5.41, 5.74) is 9.35. The highest BCUT2D eigenvalue weighted by atomic mass is 16.5. The van der Waals surface area contributed by atoms with Crippen molar-refractivity contribution >= 4 is 17.4 Å². The number of aliphatic hydroxyl groups is 1. The van der Waals surface area contributed by atoms with Crippen molar-refractivity contribution in [2.75, 3.05) is 13.7 Å². The average molecular weight is 501 g/mol. The number of aliphatic imine (C=N–C) groups is 1. The van der Waals surface area contributed by atoms with Gasteiger partial charge in [0.15, 0.2) is 0 Å². The van der Waals surface area contributed by atoms with E-state index in [1.165, 1.54) is 45.4 Å². The molecule has 2 unspecified atom stereocenters. The van der Waals surface area contributed by atoms with E-state index in [4.69, 9.17) is 25.3 Å². The lowest BCUT2D eigenvalue weighted by Crippen LogP contribution is -2.25. The zero-order valence-electron chi connectivity index (χ0n) is 21.7. The van der Waals surface area contributed by atoms with Crippen LogP contribution in [-0.4, -0.2) is 36.6 Å². The van der Waals surface area contributed by atoms with Gasteiger partial charge in [0.1, 0.15) is 12.4 Å². The topological polar surface area (TPSA) is 94.1 Å². The Bertz CT molecular complexity index is 1220. The molecule has 3 N–H and O–H groups in total. The molecule has 0 aliphatic heterocycles. The molecular weight excluding hydrogens is 464 g/mol. The number of nitrogens with two attached hydrogens (primary N) is 1. The fraction of sp³-hybridized carbons (Fsp3) is 0.419. The maximum Gasteiger partial charge on any atom is 0.341 e. The largest absolute Gasteiger partial charge is 0.490 e. The first-order valence-electron chi connectivity index (χ1n) is 13.1. The molecule has 6 heteroatoms. The predicted molar refractivity (Wildman–Crippen MR) is 146 cm³/mol. The number of ether oxygens (including phenoxy) is 2. The summed E-state index contributed by atoms with van der Waals surface area (Å²) in [4.78, 5) is 17.3. The maximum atomic E-state index is 12.4. The Balaban J connectivity index is 1.59. The van der Waals surface area contributed by atoms with Crippen LogP contribution in [0.1, 0.15) is 45.4 Å². The summed E-state index contributed by atoms with van der Waals surface area (Å²) in [7, 11) is 1.32. The van der Waals surface area contributed by atoms with E-state index in [0.717, 1.165) is 23.3 Å². The van der Waals surface area contributed by atoms with Crippen LogP contribution in [0.2, 0.25) is 0 Å². The first-order valence-corrected chi connectivity index (χ1v) is 13.1. The van der Waals surface area contributed by atoms with Crippen LogP contribution in [0.25, 0.3) is 11.1 Å². The van der Waals surface area contributed by atoms with Gasteiger partial charge in [-0.1, -0.05) is 55.4 Å². The number of carbonyl (C=O) groups excluding carboxylic acids is 1. The molecule has 37 heavy (non-hydrogen) atoms. The Morgan fingerprint density at radius 2 is 1.89 bits per heavy atom. The third-order valence-electron chi connectivity index (χ3n) is 7.25. The molecule has 2 saturated carbocycles. The van der Waals surface area contributed by atoms with Crippen molar-refractivity contribution < 1.29 is 19.4 Å². The summed E-state index contributed by atoms with van der Waals surface area (Å²) in [5.74, 6) is 6.65. The van der Waals surface area contributed by atoms with Gasteiger partial charge < -0.3 is 20.3 Å². The van der Waals surface area contributed by atoms with Crippen LogP contribution in [0.5, 0.6) is 5.75 Å². The second-order valence-corrected chi connectivity index (χ2v) is 9.80. The summed E-state index contributed by atoms with van der Waals surface area (Å²) in [6, 6.07) is 16.0. The maximum absolute atomic E-state index is 12.4. The molecule has 2 aromatic carbocycles. The van der Waals surface area contributed by atoms with Gasteiger partial charge in [0.25, 0.3) is 0 Å². The van der Waals surface area contributed by atoms with Crippen LogP contribution in [-0.2, 0) is 9.53 Å².